The number of nitrogens with zero attached hydrogens (tertiary/aromatic N) is 1. The van der Waals surface area contributed by atoms with E-state index in [0.29, 0.717) is 0 Å². The van der Waals surface area contributed by atoms with E-state index in [-0.39, 0.29) is 11.9 Å². The Hall–Kier alpha value is -1.45. The van der Waals surface area contributed by atoms with Crippen molar-refractivity contribution in [2.45, 2.75) is 26.8 Å². The number of nitrogens with one attached hydrogen (secondary N) is 1. The lowest BCUT2D eigenvalue weighted by Gasteiger charge is -2.16. The van der Waals surface area contributed by atoms with Crippen LogP contribution in [0.2, 0.25) is 0 Å². The monoisotopic (exact) mass is 181 g/mol. The third kappa shape index (κ3) is 2.02. The number of rotatable bonds is 3. The molecule has 1 atom stereocenters. The summed E-state index contributed by atoms with van der Waals surface area (Å²) in [5.74, 6) is -0.354. The number of hydrogen-bond donors (Lipinski definition) is 2. The van der Waals surface area contributed by atoms with Gasteiger partial charge in [0.15, 0.2) is 0 Å². The number of aromatic nitrogens is 1. The highest BCUT2D eigenvalue weighted by Gasteiger charge is 2.09. The normalized spacial score (nSPS) is 12.5. The maximum Gasteiger partial charge on any atom is 0.241 e. The van der Waals surface area contributed by atoms with E-state index in [1.165, 1.54) is 0 Å². The lowest BCUT2D eigenvalue weighted by atomic mass is 10.3. The molecule has 0 aromatic carbocycles. The van der Waals surface area contributed by atoms with Crippen LogP contribution < -0.4 is 11.2 Å². The van der Waals surface area contributed by atoms with Crippen LogP contribution in [0.4, 0.5) is 0 Å². The van der Waals surface area contributed by atoms with Crippen LogP contribution in [0.3, 0.4) is 0 Å². The highest BCUT2D eigenvalue weighted by atomic mass is 16.1. The summed E-state index contributed by atoms with van der Waals surface area (Å²) >= 11 is 0. The molecule has 0 radical (unpaired) electrons. The summed E-state index contributed by atoms with van der Waals surface area (Å²) in [5.41, 5.74) is 10.3. The van der Waals surface area contributed by atoms with Crippen molar-refractivity contribution in [3.8, 4) is 0 Å². The first-order valence-corrected chi connectivity index (χ1v) is 4.23. The molecule has 1 amide bonds. The smallest absolute Gasteiger partial charge is 0.241 e. The number of carbonyl (C=O) groups excluding carboxylic acids is 1. The van der Waals surface area contributed by atoms with E-state index in [0.717, 1.165) is 11.4 Å². The number of primary amides is 1. The molecular weight excluding hydrogens is 166 g/mol. The number of hydrogen-bond acceptors (Lipinski definition) is 2. The standard InChI is InChI=1S/C9H15N3O/c1-6-4-5-7(2)12(6)11-8(3)9(10)13/h4-5,8,11H,1-3H3,(H2,10,13). The van der Waals surface area contributed by atoms with E-state index in [4.69, 9.17) is 5.73 Å². The van der Waals surface area contributed by atoms with Gasteiger partial charge in [0, 0.05) is 11.4 Å². The molecule has 0 saturated heterocycles. The van der Waals surface area contributed by atoms with Crippen molar-refractivity contribution in [2.75, 3.05) is 5.43 Å². The van der Waals surface area contributed by atoms with Crippen molar-refractivity contribution in [2.24, 2.45) is 5.73 Å². The molecule has 4 nitrogen and oxygen atoms in total. The summed E-state index contributed by atoms with van der Waals surface area (Å²) in [5, 5.41) is 0. The summed E-state index contributed by atoms with van der Waals surface area (Å²) in [6.45, 7) is 5.67. The molecular formula is C9H15N3O. The zero-order valence-electron chi connectivity index (χ0n) is 8.16. The average molecular weight is 181 g/mol. The summed E-state index contributed by atoms with van der Waals surface area (Å²) in [4.78, 5) is 10.8. The molecule has 13 heavy (non-hydrogen) atoms. The lowest BCUT2D eigenvalue weighted by molar-refractivity contribution is -0.118. The largest absolute Gasteiger partial charge is 0.368 e. The van der Waals surface area contributed by atoms with Crippen LogP contribution >= 0.6 is 0 Å². The molecule has 0 aliphatic heterocycles. The molecule has 1 aromatic heterocycles. The second-order valence-electron chi connectivity index (χ2n) is 3.20. The molecule has 1 rings (SSSR count). The van der Waals surface area contributed by atoms with Crippen molar-refractivity contribution in [3.05, 3.63) is 23.5 Å². The SMILES string of the molecule is Cc1ccc(C)n1NC(C)C(N)=O. The molecule has 0 aliphatic carbocycles. The van der Waals surface area contributed by atoms with Gasteiger partial charge in [-0.25, -0.2) is 0 Å². The minimum Gasteiger partial charge on any atom is -0.368 e. The molecule has 4 heteroatoms. The van der Waals surface area contributed by atoms with Gasteiger partial charge in [0.05, 0.1) is 0 Å². The Morgan fingerprint density at radius 1 is 1.46 bits per heavy atom. The predicted octanol–water partition coefficient (Wildman–Crippen LogP) is 0.522. The molecule has 3 N–H and O–H groups in total. The van der Waals surface area contributed by atoms with Gasteiger partial charge < -0.3 is 11.2 Å². The van der Waals surface area contributed by atoms with Gasteiger partial charge in [-0.2, -0.15) is 0 Å². The van der Waals surface area contributed by atoms with Gasteiger partial charge >= 0.3 is 0 Å². The molecule has 0 bridgehead atoms. The zero-order chi connectivity index (χ0) is 10.0. The number of carbonyl (C=O) groups is 1. The molecule has 72 valence electrons. The third-order valence-corrected chi connectivity index (χ3v) is 2.02. The Morgan fingerprint density at radius 2 is 1.92 bits per heavy atom. The average Bonchev–Trinajstić information content (AvgIpc) is 2.35. The van der Waals surface area contributed by atoms with Crippen LogP contribution in [0.15, 0.2) is 12.1 Å². The lowest BCUT2D eigenvalue weighted by Crippen LogP contribution is -2.38. The highest BCUT2D eigenvalue weighted by molar-refractivity contribution is 5.80. The summed E-state index contributed by atoms with van der Waals surface area (Å²) in [7, 11) is 0. The predicted molar refractivity (Wildman–Crippen MR) is 51.9 cm³/mol. The fourth-order valence-corrected chi connectivity index (χ4v) is 1.13. The second-order valence-corrected chi connectivity index (χ2v) is 3.20. The van der Waals surface area contributed by atoms with Gasteiger partial charge in [0.1, 0.15) is 6.04 Å². The van der Waals surface area contributed by atoms with Crippen molar-refractivity contribution in [1.82, 2.24) is 4.68 Å². The number of nitrogens with two attached hydrogens (primary N) is 1. The Kier molecular flexibility index (Phi) is 2.60. The van der Waals surface area contributed by atoms with E-state index < -0.39 is 0 Å². The third-order valence-electron chi connectivity index (χ3n) is 2.02. The summed E-state index contributed by atoms with van der Waals surface area (Å²) in [6.07, 6.45) is 0. The Morgan fingerprint density at radius 3 is 2.31 bits per heavy atom. The first-order valence-electron chi connectivity index (χ1n) is 4.23. The van der Waals surface area contributed by atoms with Gasteiger partial charge in [-0.05, 0) is 32.9 Å². The van der Waals surface area contributed by atoms with E-state index in [2.05, 4.69) is 5.43 Å². The van der Waals surface area contributed by atoms with Crippen LogP contribution in [0.25, 0.3) is 0 Å². The van der Waals surface area contributed by atoms with E-state index >= 15 is 0 Å². The summed E-state index contributed by atoms with van der Waals surface area (Å²) in [6, 6.07) is 3.61. The van der Waals surface area contributed by atoms with E-state index in [1.807, 2.05) is 30.7 Å². The highest BCUT2D eigenvalue weighted by Crippen LogP contribution is 2.04. The van der Waals surface area contributed by atoms with Crippen molar-refractivity contribution in [3.63, 3.8) is 0 Å². The van der Waals surface area contributed by atoms with Crippen LogP contribution in [-0.4, -0.2) is 16.6 Å². The molecule has 1 aromatic rings. The van der Waals surface area contributed by atoms with Gasteiger partial charge in [0.25, 0.3) is 0 Å². The first-order chi connectivity index (χ1) is 6.02. The second kappa shape index (κ2) is 3.51. The zero-order valence-corrected chi connectivity index (χ0v) is 8.16. The van der Waals surface area contributed by atoms with Gasteiger partial charge in [-0.15, -0.1) is 0 Å². The fraction of sp³-hybridized carbons (Fsp3) is 0.444. The van der Waals surface area contributed by atoms with Crippen molar-refractivity contribution in [1.29, 1.82) is 0 Å². The number of aryl methyl sites for hydroxylation is 2. The number of amides is 1. The van der Waals surface area contributed by atoms with Crippen molar-refractivity contribution >= 4 is 5.91 Å². The maximum absolute atomic E-state index is 10.8. The minimum atomic E-state index is -0.357. The molecule has 0 saturated carbocycles. The van der Waals surface area contributed by atoms with Gasteiger partial charge in [-0.3, -0.25) is 9.47 Å². The topological polar surface area (TPSA) is 60.1 Å². The molecule has 1 heterocycles. The Bertz CT molecular complexity index is 297. The maximum atomic E-state index is 10.8. The van der Waals surface area contributed by atoms with Crippen LogP contribution in [-0.2, 0) is 4.79 Å². The summed E-state index contributed by atoms with van der Waals surface area (Å²) < 4.78 is 1.86. The van der Waals surface area contributed by atoms with E-state index in [1.54, 1.807) is 6.92 Å². The minimum absolute atomic E-state index is 0.354. The fourth-order valence-electron chi connectivity index (χ4n) is 1.13. The van der Waals surface area contributed by atoms with Gasteiger partial charge in [0.2, 0.25) is 5.91 Å². The van der Waals surface area contributed by atoms with Crippen LogP contribution in [0.1, 0.15) is 18.3 Å². The molecule has 0 aliphatic rings. The van der Waals surface area contributed by atoms with E-state index in [9.17, 15) is 4.79 Å². The Labute approximate surface area is 77.7 Å². The van der Waals surface area contributed by atoms with Gasteiger partial charge in [-0.1, -0.05) is 0 Å². The molecule has 1 unspecified atom stereocenters. The quantitative estimate of drug-likeness (QED) is 0.714. The van der Waals surface area contributed by atoms with Crippen LogP contribution in [0.5, 0.6) is 0 Å². The first kappa shape index (κ1) is 9.64. The van der Waals surface area contributed by atoms with Crippen molar-refractivity contribution < 1.29 is 4.79 Å². The Balaban J connectivity index is 2.79. The van der Waals surface area contributed by atoms with Crippen LogP contribution in [0, 0.1) is 13.8 Å². The molecule has 0 spiro atoms. The molecule has 0 fully saturated rings.